The molecule has 0 aliphatic heterocycles. The van der Waals surface area contributed by atoms with Gasteiger partial charge in [0.25, 0.3) is 0 Å². The fourth-order valence-electron chi connectivity index (χ4n) is 4.01. The van der Waals surface area contributed by atoms with Crippen LogP contribution in [0.15, 0.2) is 65.8 Å². The molecule has 0 spiro atoms. The first-order valence-corrected chi connectivity index (χ1v) is 11.6. The van der Waals surface area contributed by atoms with Crippen molar-refractivity contribution in [3.63, 3.8) is 0 Å². The number of aromatic nitrogens is 3. The quantitative estimate of drug-likeness (QED) is 0.559. The molecule has 156 valence electrons. The van der Waals surface area contributed by atoms with Crippen LogP contribution < -0.4 is 5.32 Å². The van der Waals surface area contributed by atoms with E-state index in [1.807, 2.05) is 48.5 Å². The van der Waals surface area contributed by atoms with E-state index in [1.165, 1.54) is 36.6 Å². The van der Waals surface area contributed by atoms with Gasteiger partial charge in [-0.1, -0.05) is 92.2 Å². The Kier molecular flexibility index (Phi) is 6.84. The van der Waals surface area contributed by atoms with E-state index in [1.54, 1.807) is 0 Å². The first-order chi connectivity index (χ1) is 14.7. The molecular weight excluding hydrogens is 392 g/mol. The first kappa shape index (κ1) is 20.7. The van der Waals surface area contributed by atoms with E-state index in [0.717, 1.165) is 23.0 Å². The van der Waals surface area contributed by atoms with Crippen LogP contribution in [0.5, 0.6) is 0 Å². The topological polar surface area (TPSA) is 59.8 Å². The van der Waals surface area contributed by atoms with Gasteiger partial charge in [-0.05, 0) is 24.3 Å². The summed E-state index contributed by atoms with van der Waals surface area (Å²) in [5.41, 5.74) is 2.20. The summed E-state index contributed by atoms with van der Waals surface area (Å²) < 4.78 is 2.10. The molecule has 1 heterocycles. The molecule has 0 bridgehead atoms. The highest BCUT2D eigenvalue weighted by molar-refractivity contribution is 7.99. The fourth-order valence-corrected chi connectivity index (χ4v) is 4.76. The van der Waals surface area contributed by atoms with E-state index >= 15 is 0 Å². The zero-order chi connectivity index (χ0) is 20.8. The van der Waals surface area contributed by atoms with Gasteiger partial charge in [-0.25, -0.2) is 0 Å². The summed E-state index contributed by atoms with van der Waals surface area (Å²) >= 11 is 1.46. The van der Waals surface area contributed by atoms with Crippen LogP contribution in [-0.4, -0.2) is 32.5 Å². The summed E-state index contributed by atoms with van der Waals surface area (Å²) in [5, 5.41) is 12.9. The molecule has 1 amide bonds. The number of thioether (sulfide) groups is 1. The van der Waals surface area contributed by atoms with Gasteiger partial charge >= 0.3 is 0 Å². The van der Waals surface area contributed by atoms with Crippen LogP contribution in [-0.2, 0) is 11.3 Å². The fraction of sp³-hybridized carbons (Fsp3) is 0.375. The summed E-state index contributed by atoms with van der Waals surface area (Å²) in [6.07, 6.45) is 4.76. The van der Waals surface area contributed by atoms with Crippen LogP contribution in [0.3, 0.4) is 0 Å². The summed E-state index contributed by atoms with van der Waals surface area (Å²) in [6, 6.07) is 20.7. The van der Waals surface area contributed by atoms with E-state index in [9.17, 15) is 4.79 Å². The van der Waals surface area contributed by atoms with Crippen LogP contribution >= 0.6 is 11.8 Å². The molecule has 1 aromatic heterocycles. The van der Waals surface area contributed by atoms with Crippen LogP contribution in [0.25, 0.3) is 11.4 Å². The van der Waals surface area contributed by atoms with Gasteiger partial charge in [0.1, 0.15) is 0 Å². The van der Waals surface area contributed by atoms with Crippen LogP contribution in [0.1, 0.15) is 38.2 Å². The Balaban J connectivity index is 1.49. The minimum absolute atomic E-state index is 0.0780. The molecule has 1 saturated carbocycles. The van der Waals surface area contributed by atoms with Crippen molar-refractivity contribution in [2.45, 2.75) is 50.4 Å². The smallest absolute Gasteiger partial charge is 0.230 e. The van der Waals surface area contributed by atoms with Gasteiger partial charge < -0.3 is 5.32 Å². The number of carbonyl (C=O) groups is 1. The minimum atomic E-state index is 0.0780. The van der Waals surface area contributed by atoms with Crippen molar-refractivity contribution in [1.29, 1.82) is 0 Å². The van der Waals surface area contributed by atoms with E-state index < -0.39 is 0 Å². The van der Waals surface area contributed by atoms with Crippen LogP contribution in [0, 0.1) is 5.92 Å². The Morgan fingerprint density at radius 3 is 2.47 bits per heavy atom. The molecule has 4 rings (SSSR count). The van der Waals surface area contributed by atoms with Gasteiger partial charge in [-0.15, -0.1) is 10.2 Å². The average molecular weight is 421 g/mol. The van der Waals surface area contributed by atoms with Crippen molar-refractivity contribution in [1.82, 2.24) is 20.1 Å². The lowest BCUT2D eigenvalue weighted by Gasteiger charge is -2.29. The number of benzene rings is 2. The summed E-state index contributed by atoms with van der Waals surface area (Å²) in [4.78, 5) is 12.6. The van der Waals surface area contributed by atoms with Crippen molar-refractivity contribution >= 4 is 17.7 Å². The molecule has 0 radical (unpaired) electrons. The predicted octanol–water partition coefficient (Wildman–Crippen LogP) is 4.78. The van der Waals surface area contributed by atoms with E-state index in [0.29, 0.717) is 24.3 Å². The third-order valence-corrected chi connectivity index (χ3v) is 6.69. The number of nitrogens with one attached hydrogen (secondary N) is 1. The van der Waals surface area contributed by atoms with Gasteiger partial charge in [0.15, 0.2) is 11.0 Å². The number of nitrogens with zero attached hydrogens (tertiary/aromatic N) is 3. The standard InChI is InChI=1S/C24H28N4OS/c1-18-10-8-9-15-21(18)25-22(29)17-30-24-27-26-23(20-13-6-3-7-14-20)28(24)16-19-11-4-2-5-12-19/h2-7,11-14,18,21H,8-10,15-17H2,1H3,(H,25,29). The zero-order valence-electron chi connectivity index (χ0n) is 17.3. The Hall–Kier alpha value is -2.60. The second-order valence-electron chi connectivity index (χ2n) is 7.97. The van der Waals surface area contributed by atoms with Crippen molar-refractivity contribution in [2.75, 3.05) is 5.75 Å². The normalized spacial score (nSPS) is 18.8. The monoisotopic (exact) mass is 420 g/mol. The minimum Gasteiger partial charge on any atom is -0.352 e. The molecule has 3 aromatic rings. The summed E-state index contributed by atoms with van der Waals surface area (Å²) in [5.74, 6) is 1.81. The van der Waals surface area contributed by atoms with E-state index in [-0.39, 0.29) is 5.91 Å². The molecule has 2 atom stereocenters. The number of hydrogen-bond acceptors (Lipinski definition) is 4. The highest BCUT2D eigenvalue weighted by atomic mass is 32.2. The van der Waals surface area contributed by atoms with E-state index in [4.69, 9.17) is 0 Å². The van der Waals surface area contributed by atoms with Crippen molar-refractivity contribution in [2.24, 2.45) is 5.92 Å². The third kappa shape index (κ3) is 5.11. The molecule has 2 aromatic carbocycles. The van der Waals surface area contributed by atoms with Crippen molar-refractivity contribution in [3.8, 4) is 11.4 Å². The maximum atomic E-state index is 12.6. The Morgan fingerprint density at radius 2 is 1.73 bits per heavy atom. The van der Waals surface area contributed by atoms with Gasteiger partial charge in [0.2, 0.25) is 5.91 Å². The van der Waals surface area contributed by atoms with E-state index in [2.05, 4.69) is 39.1 Å². The Bertz CT molecular complexity index is 958. The van der Waals surface area contributed by atoms with Gasteiger partial charge in [-0.3, -0.25) is 9.36 Å². The molecule has 6 heteroatoms. The average Bonchev–Trinajstić information content (AvgIpc) is 3.17. The molecule has 1 N–H and O–H groups in total. The maximum Gasteiger partial charge on any atom is 0.230 e. The molecule has 1 fully saturated rings. The van der Waals surface area contributed by atoms with Gasteiger partial charge in [0, 0.05) is 11.6 Å². The van der Waals surface area contributed by atoms with Gasteiger partial charge in [-0.2, -0.15) is 0 Å². The maximum absolute atomic E-state index is 12.6. The predicted molar refractivity (Wildman–Crippen MR) is 121 cm³/mol. The molecule has 1 aliphatic rings. The molecule has 1 aliphatic carbocycles. The number of hydrogen-bond donors (Lipinski definition) is 1. The lowest BCUT2D eigenvalue weighted by atomic mass is 9.86. The van der Waals surface area contributed by atoms with Crippen molar-refractivity contribution in [3.05, 3.63) is 66.2 Å². The largest absolute Gasteiger partial charge is 0.352 e. The highest BCUT2D eigenvalue weighted by Gasteiger charge is 2.23. The number of carbonyl (C=O) groups excluding carboxylic acids is 1. The van der Waals surface area contributed by atoms with Gasteiger partial charge in [0.05, 0.1) is 12.3 Å². The zero-order valence-corrected chi connectivity index (χ0v) is 18.1. The lowest BCUT2D eigenvalue weighted by Crippen LogP contribution is -2.41. The molecule has 30 heavy (non-hydrogen) atoms. The molecule has 5 nitrogen and oxygen atoms in total. The first-order valence-electron chi connectivity index (χ1n) is 10.7. The number of rotatable bonds is 7. The van der Waals surface area contributed by atoms with Crippen molar-refractivity contribution < 1.29 is 4.79 Å². The van der Waals surface area contributed by atoms with Crippen LogP contribution in [0.2, 0.25) is 0 Å². The highest BCUT2D eigenvalue weighted by Crippen LogP contribution is 2.26. The Labute approximate surface area is 182 Å². The second-order valence-corrected chi connectivity index (χ2v) is 8.91. The molecule has 0 saturated heterocycles. The third-order valence-electron chi connectivity index (χ3n) is 5.72. The summed E-state index contributed by atoms with van der Waals surface area (Å²) in [7, 11) is 0. The molecule has 2 unspecified atom stereocenters. The van der Waals surface area contributed by atoms with Crippen LogP contribution in [0.4, 0.5) is 0 Å². The SMILES string of the molecule is CC1CCCCC1NC(=O)CSc1nnc(-c2ccccc2)n1Cc1ccccc1. The molecular formula is C24H28N4OS. The summed E-state index contributed by atoms with van der Waals surface area (Å²) in [6.45, 7) is 2.90. The second kappa shape index (κ2) is 9.94. The lowest BCUT2D eigenvalue weighted by molar-refractivity contribution is -0.119. The number of amides is 1. The Morgan fingerprint density at radius 1 is 1.03 bits per heavy atom.